The Kier molecular flexibility index (Phi) is 13.2. The highest BCUT2D eigenvalue weighted by atomic mass is 32.2. The summed E-state index contributed by atoms with van der Waals surface area (Å²) in [6, 6.07) is 105. The third-order valence-electron chi connectivity index (χ3n) is 20.5. The molecule has 0 saturated heterocycles. The molecule has 15 aromatic rings. The molecule has 0 spiro atoms. The number of hydrogen-bond donors (Lipinski definition) is 1. The first kappa shape index (κ1) is 57.9. The van der Waals surface area contributed by atoms with Gasteiger partial charge in [-0.1, -0.05) is 146 Å². The van der Waals surface area contributed by atoms with Crippen molar-refractivity contribution in [1.29, 1.82) is 0 Å². The van der Waals surface area contributed by atoms with Gasteiger partial charge in [0.05, 0.1) is 34.1 Å². The summed E-state index contributed by atoms with van der Waals surface area (Å²) in [5.41, 5.74) is 24.0. The molecule has 6 aliphatic rings. The predicted molar refractivity (Wildman–Crippen MR) is 429 cm³/mol. The second-order valence-electron chi connectivity index (χ2n) is 25.9. The fourth-order valence-corrected chi connectivity index (χ4v) is 20.3. The summed E-state index contributed by atoms with van der Waals surface area (Å²) in [7, 11) is 0. The summed E-state index contributed by atoms with van der Waals surface area (Å²) in [6.07, 6.45) is 4.44. The van der Waals surface area contributed by atoms with E-state index in [9.17, 15) is 0 Å². The van der Waals surface area contributed by atoms with Crippen molar-refractivity contribution < 1.29 is 14.2 Å². The molecule has 0 bridgehead atoms. The van der Waals surface area contributed by atoms with Crippen molar-refractivity contribution in [3.05, 3.63) is 291 Å². The maximum absolute atomic E-state index is 7.62. The molecule has 1 N–H and O–H groups in total. The normalized spacial score (nSPS) is 13.4. The van der Waals surface area contributed by atoms with E-state index in [1.165, 1.54) is 40.8 Å². The van der Waals surface area contributed by atoms with Crippen molar-refractivity contribution >= 4 is 220 Å². The van der Waals surface area contributed by atoms with Gasteiger partial charge in [0.25, 0.3) is 20.1 Å². The molecule has 0 radical (unpaired) electrons. The number of anilines is 15. The Morgan fingerprint density at radius 3 is 1.15 bits per heavy atom. The van der Waals surface area contributed by atoms with Gasteiger partial charge in [0.1, 0.15) is 34.5 Å². The molecule has 16 heteroatoms. The summed E-state index contributed by atoms with van der Waals surface area (Å²) < 4.78 is 32.1. The zero-order valence-electron chi connectivity index (χ0n) is 54.0. The van der Waals surface area contributed by atoms with Crippen LogP contribution in [0.25, 0.3) is 20.2 Å². The van der Waals surface area contributed by atoms with Gasteiger partial charge in [0, 0.05) is 123 Å². The predicted octanol–water partition coefficient (Wildman–Crippen LogP) is 17.9. The van der Waals surface area contributed by atoms with Crippen molar-refractivity contribution in [3.8, 4) is 34.5 Å². The molecule has 472 valence electrons. The van der Waals surface area contributed by atoms with E-state index in [1.807, 2.05) is 22.7 Å². The molecule has 0 fully saturated rings. The number of fused-ring (bicyclic) bond motifs is 16. The lowest BCUT2D eigenvalue weighted by atomic mass is 9.30. The number of thiophene rings is 2. The Labute approximate surface area is 596 Å². The molecular weight excluding hydrogens is 1300 g/mol. The molecule has 13 aromatic carbocycles. The van der Waals surface area contributed by atoms with Crippen LogP contribution in [-0.4, -0.2) is 32.6 Å². The molecule has 0 saturated carbocycles. The fourth-order valence-electron chi connectivity index (χ4n) is 16.4. The molecule has 0 amide bonds. The zero-order chi connectivity index (χ0) is 65.8. The molecule has 9 nitrogen and oxygen atoms in total. The number of nitrogens with one attached hydrogen (secondary N) is 1. The molecule has 2 aromatic heterocycles. The summed E-state index contributed by atoms with van der Waals surface area (Å²) in [5, 5.41) is 6.39. The van der Waals surface area contributed by atoms with Gasteiger partial charge in [-0.05, 0) is 178 Å². The van der Waals surface area contributed by atoms with Gasteiger partial charge < -0.3 is 34.2 Å². The van der Waals surface area contributed by atoms with Crippen molar-refractivity contribution in [2.75, 3.05) is 41.1 Å². The molecule has 0 atom stereocenters. The largest absolute Gasteiger partial charge is 0.458 e. The number of hydrogen-bond acceptors (Lipinski definition) is 13. The van der Waals surface area contributed by atoms with Gasteiger partial charge in [-0.3, -0.25) is 8.61 Å². The average molecular weight is 1360 g/mol. The number of ether oxygens (including phenoxy) is 3. The Balaban J connectivity index is 0.812. The Bertz CT molecular complexity index is 5430. The minimum atomic E-state index is -0.237. The summed E-state index contributed by atoms with van der Waals surface area (Å²) in [5.74, 6) is 5.05. The molecule has 21 rings (SSSR count). The number of rotatable bonds is 11. The van der Waals surface area contributed by atoms with Gasteiger partial charge in [0.2, 0.25) is 0 Å². The van der Waals surface area contributed by atoms with E-state index in [0.717, 1.165) is 147 Å². The smallest absolute Gasteiger partial charge is 0.273 e. The fraction of sp³-hybridized carbons (Fsp3) is 0.0238. The van der Waals surface area contributed by atoms with Gasteiger partial charge >= 0.3 is 0 Å². The van der Waals surface area contributed by atoms with Gasteiger partial charge in [-0.15, -0.1) is 22.7 Å². The van der Waals surface area contributed by atoms with Crippen LogP contribution in [0.2, 0.25) is 0 Å². The quantitative estimate of drug-likeness (QED) is 0.0995. The summed E-state index contributed by atoms with van der Waals surface area (Å²) in [6.45, 7) is -0.603. The van der Waals surface area contributed by atoms with Crippen molar-refractivity contribution in [2.45, 2.75) is 0 Å². The van der Waals surface area contributed by atoms with Crippen LogP contribution in [0.15, 0.2) is 291 Å². The summed E-state index contributed by atoms with van der Waals surface area (Å²) in [4.78, 5) is 7.04. The first-order chi connectivity index (χ1) is 49.5. The zero-order valence-corrected chi connectivity index (χ0v) is 57.3. The lowest BCUT2D eigenvalue weighted by Gasteiger charge is -2.45. The van der Waals surface area contributed by atoms with Gasteiger partial charge in [0.15, 0.2) is 0 Å². The standard InChI is InChI=1S/C84H55B3N6O3S4/c1-97-92-68-49-66-62(86-78-67(88-66)41-57(89(51-25-9-3-10-26-51)52-27-11-4-12-28-52)44-73(78)95-81-60-37-21-23-39-76(60)99-83(81)86)47-63(68)85-64-48-65-72(50-69(64)93(98-2)71-43-58(42-70(92)79(71)85)90(53-29-13-5-14-30-53)54-31-15-6-16-32-54)94-74-45-59(91(55-33-17-7-18-34-55)56-35-19-8-20-36-56)46-75-80(74)87(65)84-82(96-75)61-38-22-24-40-77(61)100-84/h3-50,88H,1-2H3. The number of para-hydroxylation sites is 6. The highest BCUT2D eigenvalue weighted by Crippen LogP contribution is 2.52. The monoisotopic (exact) mass is 1360 g/mol. The second kappa shape index (κ2) is 22.7. The Morgan fingerprint density at radius 1 is 0.310 bits per heavy atom. The lowest BCUT2D eigenvalue weighted by Crippen LogP contribution is -2.65. The highest BCUT2D eigenvalue weighted by Gasteiger charge is 2.50. The van der Waals surface area contributed by atoms with Crippen LogP contribution in [0, 0.1) is 0 Å². The highest BCUT2D eigenvalue weighted by molar-refractivity contribution is 8.00. The van der Waals surface area contributed by atoms with E-state index < -0.39 is 0 Å². The van der Waals surface area contributed by atoms with Gasteiger partial charge in [-0.25, -0.2) is 0 Å². The van der Waals surface area contributed by atoms with Crippen LogP contribution in [0.3, 0.4) is 0 Å². The maximum Gasteiger partial charge on any atom is 0.273 e. The van der Waals surface area contributed by atoms with Crippen LogP contribution < -0.4 is 90.6 Å². The van der Waals surface area contributed by atoms with Crippen LogP contribution in [0.1, 0.15) is 0 Å². The second-order valence-corrected chi connectivity index (χ2v) is 29.5. The third kappa shape index (κ3) is 8.73. The van der Waals surface area contributed by atoms with Crippen LogP contribution in [-0.2, 0) is 0 Å². The van der Waals surface area contributed by atoms with E-state index in [0.29, 0.717) is 0 Å². The minimum absolute atomic E-state index is 0.157. The van der Waals surface area contributed by atoms with Crippen LogP contribution in [0.5, 0.6) is 34.5 Å². The molecule has 8 heterocycles. The first-order valence-electron chi connectivity index (χ1n) is 33.6. The van der Waals surface area contributed by atoms with E-state index in [2.05, 4.69) is 332 Å². The maximum atomic E-state index is 7.62. The minimum Gasteiger partial charge on any atom is -0.458 e. The molecular formula is C84H55B3N6O3S4. The van der Waals surface area contributed by atoms with Crippen LogP contribution in [0.4, 0.5) is 85.3 Å². The van der Waals surface area contributed by atoms with Crippen molar-refractivity contribution in [1.82, 2.24) is 0 Å². The van der Waals surface area contributed by atoms with Crippen molar-refractivity contribution in [3.63, 3.8) is 0 Å². The van der Waals surface area contributed by atoms with E-state index in [4.69, 9.17) is 14.2 Å². The van der Waals surface area contributed by atoms with Crippen molar-refractivity contribution in [2.24, 2.45) is 0 Å². The van der Waals surface area contributed by atoms with E-state index in [1.54, 1.807) is 23.9 Å². The topological polar surface area (TPSA) is 55.9 Å². The molecule has 0 aliphatic carbocycles. The van der Waals surface area contributed by atoms with Crippen LogP contribution >= 0.6 is 46.6 Å². The molecule has 6 aliphatic heterocycles. The lowest BCUT2D eigenvalue weighted by molar-refractivity contribution is 0.468. The molecule has 0 unspecified atom stereocenters. The molecule has 100 heavy (non-hydrogen) atoms. The van der Waals surface area contributed by atoms with E-state index >= 15 is 0 Å². The SMILES string of the molecule is CSN1c2cc3c(cc2B2c4cc5c(cc4N(SC)c4cc(N(c6ccccc6)c6ccccc6)cc1c42)Oc1cc(N(c2ccccc2)c2ccccc2)cc2c1B5c1sc4ccccc4c1O2)B1c2sc4ccccc4c2Oc2cc(N(c4ccccc4)c4ccccc4)cc(c21)N3. The number of benzene rings is 13. The van der Waals surface area contributed by atoms with Gasteiger partial charge in [-0.2, -0.15) is 0 Å². The third-order valence-corrected chi connectivity index (χ3v) is 24.4. The average Bonchev–Trinajstić information content (AvgIpc) is 0.914. The Hall–Kier alpha value is -11.1. The summed E-state index contributed by atoms with van der Waals surface area (Å²) >= 11 is 7.16. The Morgan fingerprint density at radius 2 is 0.690 bits per heavy atom. The van der Waals surface area contributed by atoms with E-state index in [-0.39, 0.29) is 20.1 Å². The first-order valence-corrected chi connectivity index (χ1v) is 37.6. The number of nitrogens with zero attached hydrogens (tertiary/aromatic N) is 5.